The molecule has 0 fully saturated rings. The summed E-state index contributed by atoms with van der Waals surface area (Å²) in [5.41, 5.74) is 2.70. The number of carboxylic acids is 1. The van der Waals surface area contributed by atoms with E-state index in [9.17, 15) is 9.90 Å². The van der Waals surface area contributed by atoms with Gasteiger partial charge in [0.15, 0.2) is 0 Å². The highest BCUT2D eigenvalue weighted by Gasteiger charge is 2.37. The number of benzene rings is 1. The zero-order valence-electron chi connectivity index (χ0n) is 11.6. The van der Waals surface area contributed by atoms with E-state index in [1.807, 2.05) is 43.9 Å². The van der Waals surface area contributed by atoms with E-state index in [4.69, 9.17) is 11.6 Å². The van der Waals surface area contributed by atoms with Crippen molar-refractivity contribution >= 4 is 28.8 Å². The molecule has 1 aromatic carbocycles. The molecule has 1 atom stereocenters. The van der Waals surface area contributed by atoms with Crippen LogP contribution in [0.4, 0.5) is 5.69 Å². The highest BCUT2D eigenvalue weighted by molar-refractivity contribution is 6.31. The van der Waals surface area contributed by atoms with Crippen molar-refractivity contribution < 1.29 is 9.90 Å². The average Bonchev–Trinajstić information content (AvgIpc) is 2.26. The van der Waals surface area contributed by atoms with Crippen LogP contribution in [0.5, 0.6) is 0 Å². The van der Waals surface area contributed by atoms with E-state index in [1.165, 1.54) is 0 Å². The summed E-state index contributed by atoms with van der Waals surface area (Å²) >= 11 is 6.07. The zero-order chi connectivity index (χ0) is 14.4. The lowest BCUT2D eigenvalue weighted by Crippen LogP contribution is -2.53. The van der Waals surface area contributed by atoms with Crippen LogP contribution in [0, 0.1) is 0 Å². The minimum atomic E-state index is -0.841. The Bertz CT molecular complexity index is 563. The van der Waals surface area contributed by atoms with Gasteiger partial charge in [0.05, 0.1) is 5.54 Å². The summed E-state index contributed by atoms with van der Waals surface area (Å²) in [7, 11) is 0. The molecule has 1 aliphatic heterocycles. The lowest BCUT2D eigenvalue weighted by Gasteiger charge is -2.45. The van der Waals surface area contributed by atoms with E-state index in [2.05, 4.69) is 6.08 Å². The Hall–Kier alpha value is -1.48. The smallest absolute Gasteiger partial charge is 0.326 e. The van der Waals surface area contributed by atoms with E-state index in [1.54, 1.807) is 6.92 Å². The van der Waals surface area contributed by atoms with E-state index in [0.717, 1.165) is 16.8 Å². The van der Waals surface area contributed by atoms with Gasteiger partial charge in [-0.25, -0.2) is 4.79 Å². The first-order valence-electron chi connectivity index (χ1n) is 6.25. The Balaban J connectivity index is 2.66. The van der Waals surface area contributed by atoms with Crippen molar-refractivity contribution in [1.82, 2.24) is 0 Å². The van der Waals surface area contributed by atoms with Gasteiger partial charge in [-0.2, -0.15) is 0 Å². The van der Waals surface area contributed by atoms with Crippen LogP contribution in [0.2, 0.25) is 5.02 Å². The van der Waals surface area contributed by atoms with Crippen LogP contribution < -0.4 is 4.90 Å². The van der Waals surface area contributed by atoms with Crippen LogP contribution in [0.3, 0.4) is 0 Å². The molecule has 4 heteroatoms. The molecule has 0 amide bonds. The fourth-order valence-corrected chi connectivity index (χ4v) is 3.01. The van der Waals surface area contributed by atoms with Crippen molar-refractivity contribution in [3.8, 4) is 0 Å². The van der Waals surface area contributed by atoms with Crippen LogP contribution >= 0.6 is 11.6 Å². The van der Waals surface area contributed by atoms with Gasteiger partial charge in [0.1, 0.15) is 6.04 Å². The Labute approximate surface area is 118 Å². The van der Waals surface area contributed by atoms with E-state index < -0.39 is 12.0 Å². The first-order chi connectivity index (χ1) is 8.74. The van der Waals surface area contributed by atoms with Crippen molar-refractivity contribution in [2.45, 2.75) is 39.3 Å². The maximum absolute atomic E-state index is 11.4. The number of allylic oxidation sites excluding steroid dienone is 1. The van der Waals surface area contributed by atoms with Crippen LogP contribution in [0.15, 0.2) is 24.3 Å². The number of hydrogen-bond donors (Lipinski definition) is 1. The molecule has 0 aliphatic carbocycles. The van der Waals surface area contributed by atoms with Crippen molar-refractivity contribution in [1.29, 1.82) is 0 Å². The van der Waals surface area contributed by atoms with Crippen LogP contribution in [0.25, 0.3) is 5.57 Å². The normalized spacial score (nSPS) is 18.6. The maximum Gasteiger partial charge on any atom is 0.326 e. The topological polar surface area (TPSA) is 40.5 Å². The quantitative estimate of drug-likeness (QED) is 0.895. The standard InChI is InChI=1S/C15H18ClNO2/c1-9-8-15(3,4)17(10(2)14(18)19)13-7-11(16)5-6-12(9)13/h5-8,10H,1-4H3,(H,18,19). The summed E-state index contributed by atoms with van der Waals surface area (Å²) in [6.45, 7) is 7.76. The molecular weight excluding hydrogens is 262 g/mol. The molecule has 0 radical (unpaired) electrons. The van der Waals surface area contributed by atoms with Crippen molar-refractivity contribution in [2.24, 2.45) is 0 Å². The molecule has 2 rings (SSSR count). The molecule has 1 heterocycles. The third-order valence-corrected chi connectivity index (χ3v) is 3.81. The van der Waals surface area contributed by atoms with Gasteiger partial charge in [0, 0.05) is 16.3 Å². The minimum Gasteiger partial charge on any atom is -0.480 e. The monoisotopic (exact) mass is 279 g/mol. The lowest BCUT2D eigenvalue weighted by atomic mass is 9.87. The van der Waals surface area contributed by atoms with Gasteiger partial charge >= 0.3 is 5.97 Å². The first kappa shape index (κ1) is 13.9. The number of hydrogen-bond acceptors (Lipinski definition) is 2. The largest absolute Gasteiger partial charge is 0.480 e. The molecule has 0 aromatic heterocycles. The Kier molecular flexibility index (Phi) is 3.35. The molecule has 0 spiro atoms. The number of anilines is 1. The number of nitrogens with zero attached hydrogens (tertiary/aromatic N) is 1. The van der Waals surface area contributed by atoms with Crippen molar-refractivity contribution in [3.63, 3.8) is 0 Å². The molecule has 1 aliphatic rings. The number of carboxylic acid groups (broad SMARTS) is 1. The summed E-state index contributed by atoms with van der Waals surface area (Å²) in [5, 5.41) is 9.95. The molecule has 19 heavy (non-hydrogen) atoms. The molecule has 3 nitrogen and oxygen atoms in total. The fourth-order valence-electron chi connectivity index (χ4n) is 2.84. The Morgan fingerprint density at radius 3 is 2.63 bits per heavy atom. The highest BCUT2D eigenvalue weighted by atomic mass is 35.5. The van der Waals surface area contributed by atoms with Crippen LogP contribution in [0.1, 0.15) is 33.3 Å². The SMILES string of the molecule is CC1=CC(C)(C)N(C(C)C(=O)O)c2cc(Cl)ccc21. The van der Waals surface area contributed by atoms with Crippen LogP contribution in [-0.2, 0) is 4.79 Å². The Morgan fingerprint density at radius 1 is 1.42 bits per heavy atom. The molecule has 102 valence electrons. The minimum absolute atomic E-state index is 0.362. The highest BCUT2D eigenvalue weighted by Crippen LogP contribution is 2.41. The number of halogens is 1. The van der Waals surface area contributed by atoms with E-state index in [0.29, 0.717) is 5.02 Å². The van der Waals surface area contributed by atoms with E-state index in [-0.39, 0.29) is 5.54 Å². The van der Waals surface area contributed by atoms with Crippen LogP contribution in [-0.4, -0.2) is 22.7 Å². The number of carbonyl (C=O) groups is 1. The average molecular weight is 280 g/mol. The fraction of sp³-hybridized carbons (Fsp3) is 0.400. The van der Waals surface area contributed by atoms with Gasteiger partial charge in [-0.3, -0.25) is 0 Å². The predicted molar refractivity (Wildman–Crippen MR) is 78.8 cm³/mol. The molecule has 1 aromatic rings. The predicted octanol–water partition coefficient (Wildman–Crippen LogP) is 3.82. The second kappa shape index (κ2) is 4.57. The van der Waals surface area contributed by atoms with Gasteiger partial charge in [0.2, 0.25) is 0 Å². The number of fused-ring (bicyclic) bond motifs is 1. The summed E-state index contributed by atoms with van der Waals surface area (Å²) in [6, 6.07) is 5.01. The lowest BCUT2D eigenvalue weighted by molar-refractivity contribution is -0.138. The maximum atomic E-state index is 11.4. The second-order valence-corrected chi connectivity index (χ2v) is 5.96. The second-order valence-electron chi connectivity index (χ2n) is 5.53. The third-order valence-electron chi connectivity index (χ3n) is 3.58. The summed E-state index contributed by atoms with van der Waals surface area (Å²) < 4.78 is 0. The van der Waals surface area contributed by atoms with Gasteiger partial charge < -0.3 is 10.0 Å². The molecule has 1 unspecified atom stereocenters. The first-order valence-corrected chi connectivity index (χ1v) is 6.63. The summed E-state index contributed by atoms with van der Waals surface area (Å²) in [5.74, 6) is -0.841. The van der Waals surface area contributed by atoms with Gasteiger partial charge in [-0.15, -0.1) is 0 Å². The molecule has 0 saturated heterocycles. The number of aliphatic carboxylic acids is 1. The summed E-state index contributed by atoms with van der Waals surface area (Å²) in [6.07, 6.45) is 2.10. The molecule has 0 saturated carbocycles. The van der Waals surface area contributed by atoms with Crippen molar-refractivity contribution in [3.05, 3.63) is 34.9 Å². The van der Waals surface area contributed by atoms with E-state index >= 15 is 0 Å². The zero-order valence-corrected chi connectivity index (χ0v) is 12.3. The molecule has 1 N–H and O–H groups in total. The van der Waals surface area contributed by atoms with Crippen molar-refractivity contribution in [2.75, 3.05) is 4.90 Å². The molecule has 0 bridgehead atoms. The molecular formula is C15H18ClNO2. The number of rotatable bonds is 2. The summed E-state index contributed by atoms with van der Waals surface area (Å²) in [4.78, 5) is 13.3. The van der Waals surface area contributed by atoms with Gasteiger partial charge in [-0.1, -0.05) is 23.7 Å². The Morgan fingerprint density at radius 2 is 2.05 bits per heavy atom. The van der Waals surface area contributed by atoms with Gasteiger partial charge in [-0.05, 0) is 45.4 Å². The third kappa shape index (κ3) is 2.35. The van der Waals surface area contributed by atoms with Gasteiger partial charge in [0.25, 0.3) is 0 Å².